The van der Waals surface area contributed by atoms with Crippen molar-refractivity contribution in [3.05, 3.63) is 0 Å². The van der Waals surface area contributed by atoms with Gasteiger partial charge in [0.2, 0.25) is 5.91 Å². The third kappa shape index (κ3) is 1.77. The first-order valence-corrected chi connectivity index (χ1v) is 5.17. The van der Waals surface area contributed by atoms with E-state index in [4.69, 9.17) is 5.73 Å². The van der Waals surface area contributed by atoms with Crippen molar-refractivity contribution >= 4 is 11.9 Å². The molecule has 6 nitrogen and oxygen atoms in total. The summed E-state index contributed by atoms with van der Waals surface area (Å²) in [6.45, 7) is 4.59. The van der Waals surface area contributed by atoms with Crippen LogP contribution in [-0.2, 0) is 4.79 Å². The van der Waals surface area contributed by atoms with Crippen molar-refractivity contribution in [1.82, 2.24) is 15.1 Å². The van der Waals surface area contributed by atoms with Gasteiger partial charge in [-0.05, 0) is 6.92 Å². The van der Waals surface area contributed by atoms with Crippen LogP contribution in [0.25, 0.3) is 0 Å². The number of hydrogen-bond acceptors (Lipinski definition) is 3. The van der Waals surface area contributed by atoms with E-state index in [1.807, 2.05) is 16.7 Å². The lowest BCUT2D eigenvalue weighted by molar-refractivity contribution is -0.123. The van der Waals surface area contributed by atoms with Crippen LogP contribution in [0.15, 0.2) is 0 Å². The Morgan fingerprint density at radius 1 is 1.60 bits per heavy atom. The normalized spacial score (nSPS) is 28.5. The third-order valence-electron chi connectivity index (χ3n) is 3.22. The molecule has 6 heteroatoms. The molecule has 0 radical (unpaired) electrons. The lowest BCUT2D eigenvalue weighted by Gasteiger charge is -2.38. The van der Waals surface area contributed by atoms with Gasteiger partial charge in [-0.1, -0.05) is 0 Å². The number of nitrogens with one attached hydrogen (secondary N) is 1. The number of primary amides is 1. The van der Waals surface area contributed by atoms with Gasteiger partial charge in [0.25, 0.3) is 0 Å². The van der Waals surface area contributed by atoms with Gasteiger partial charge in [0.15, 0.2) is 0 Å². The molecular formula is C9H16N4O2. The molecule has 3 amide bonds. The fourth-order valence-electron chi connectivity index (χ4n) is 2.16. The van der Waals surface area contributed by atoms with E-state index >= 15 is 0 Å². The third-order valence-corrected chi connectivity index (χ3v) is 3.22. The average Bonchev–Trinajstić information content (AvgIpc) is 2.59. The van der Waals surface area contributed by atoms with E-state index in [0.717, 1.165) is 6.54 Å². The molecule has 84 valence electrons. The summed E-state index contributed by atoms with van der Waals surface area (Å²) < 4.78 is 0. The first-order chi connectivity index (χ1) is 7.09. The maximum absolute atomic E-state index is 11.3. The predicted molar refractivity (Wildman–Crippen MR) is 54.1 cm³/mol. The Bertz CT molecular complexity index is 294. The summed E-state index contributed by atoms with van der Waals surface area (Å²) in [5.41, 5.74) is 5.25. The molecule has 3 N–H and O–H groups in total. The van der Waals surface area contributed by atoms with Crippen molar-refractivity contribution in [2.75, 3.05) is 26.2 Å². The van der Waals surface area contributed by atoms with E-state index in [0.29, 0.717) is 19.6 Å². The molecule has 0 aliphatic carbocycles. The zero-order chi connectivity index (χ0) is 11.0. The average molecular weight is 212 g/mol. The monoisotopic (exact) mass is 212 g/mol. The molecule has 15 heavy (non-hydrogen) atoms. The molecule has 0 aromatic rings. The summed E-state index contributed by atoms with van der Waals surface area (Å²) >= 11 is 0. The Balaban J connectivity index is 1.99. The number of carbonyl (C=O) groups excluding carboxylic acids is 2. The number of nitrogens with zero attached hydrogens (tertiary/aromatic N) is 2. The number of amides is 3. The van der Waals surface area contributed by atoms with Gasteiger partial charge in [-0.2, -0.15) is 0 Å². The zero-order valence-electron chi connectivity index (χ0n) is 8.77. The number of nitrogens with two attached hydrogens (primary N) is 1. The molecule has 2 saturated heterocycles. The molecule has 0 saturated carbocycles. The van der Waals surface area contributed by atoms with Gasteiger partial charge in [-0.25, -0.2) is 4.79 Å². The summed E-state index contributed by atoms with van der Waals surface area (Å²) in [6.07, 6.45) is 0. The van der Waals surface area contributed by atoms with Gasteiger partial charge in [-0.3, -0.25) is 9.69 Å². The van der Waals surface area contributed by atoms with Crippen molar-refractivity contribution in [3.8, 4) is 0 Å². The second-order valence-electron chi connectivity index (χ2n) is 4.11. The summed E-state index contributed by atoms with van der Waals surface area (Å²) in [7, 11) is 0. The highest BCUT2D eigenvalue weighted by atomic mass is 16.2. The van der Waals surface area contributed by atoms with Gasteiger partial charge >= 0.3 is 6.03 Å². The topological polar surface area (TPSA) is 78.7 Å². The second kappa shape index (κ2) is 3.69. The van der Waals surface area contributed by atoms with Crippen LogP contribution in [0, 0.1) is 0 Å². The maximum Gasteiger partial charge on any atom is 0.317 e. The lowest BCUT2D eigenvalue weighted by Crippen LogP contribution is -2.56. The van der Waals surface area contributed by atoms with Crippen LogP contribution in [0.2, 0.25) is 0 Å². The van der Waals surface area contributed by atoms with Crippen molar-refractivity contribution in [2.24, 2.45) is 5.73 Å². The highest BCUT2D eigenvalue weighted by molar-refractivity contribution is 5.80. The number of rotatable bonds is 2. The van der Waals surface area contributed by atoms with Gasteiger partial charge in [0.1, 0.15) is 0 Å². The highest BCUT2D eigenvalue weighted by Crippen LogP contribution is 2.15. The molecule has 2 unspecified atom stereocenters. The molecule has 2 atom stereocenters. The minimum Gasteiger partial charge on any atom is -0.368 e. The van der Waals surface area contributed by atoms with Crippen LogP contribution in [-0.4, -0.2) is 60.0 Å². The Hall–Kier alpha value is -1.30. The number of piperazine rings is 1. The number of carbonyl (C=O) groups is 2. The Labute approximate surface area is 88.4 Å². The molecule has 2 aliphatic heterocycles. The van der Waals surface area contributed by atoms with Crippen molar-refractivity contribution in [3.63, 3.8) is 0 Å². The maximum atomic E-state index is 11.3. The van der Waals surface area contributed by atoms with Crippen LogP contribution >= 0.6 is 0 Å². The van der Waals surface area contributed by atoms with Gasteiger partial charge in [0.05, 0.1) is 12.1 Å². The number of urea groups is 1. The van der Waals surface area contributed by atoms with Crippen molar-refractivity contribution in [2.45, 2.75) is 19.0 Å². The van der Waals surface area contributed by atoms with E-state index in [2.05, 4.69) is 5.32 Å². The number of fused-ring (bicyclic) bond motifs is 1. The molecule has 0 spiro atoms. The molecular weight excluding hydrogens is 196 g/mol. The second-order valence-corrected chi connectivity index (χ2v) is 4.11. The first-order valence-electron chi connectivity index (χ1n) is 5.17. The summed E-state index contributed by atoms with van der Waals surface area (Å²) in [5.74, 6) is -0.305. The van der Waals surface area contributed by atoms with E-state index in [-0.39, 0.29) is 24.0 Å². The van der Waals surface area contributed by atoms with Crippen LogP contribution < -0.4 is 11.1 Å². The smallest absolute Gasteiger partial charge is 0.317 e. The molecule has 2 heterocycles. The zero-order valence-corrected chi connectivity index (χ0v) is 8.77. The molecule has 2 fully saturated rings. The van der Waals surface area contributed by atoms with Crippen LogP contribution in [0.4, 0.5) is 4.79 Å². The van der Waals surface area contributed by atoms with Gasteiger partial charge in [-0.15, -0.1) is 0 Å². The largest absolute Gasteiger partial charge is 0.368 e. The van der Waals surface area contributed by atoms with Gasteiger partial charge < -0.3 is 16.0 Å². The predicted octanol–water partition coefficient (Wildman–Crippen LogP) is -1.43. The molecule has 0 bridgehead atoms. The van der Waals surface area contributed by atoms with Crippen LogP contribution in [0.3, 0.4) is 0 Å². The highest BCUT2D eigenvalue weighted by Gasteiger charge is 2.37. The lowest BCUT2D eigenvalue weighted by atomic mass is 10.1. The fourth-order valence-corrected chi connectivity index (χ4v) is 2.16. The Morgan fingerprint density at radius 3 is 3.00 bits per heavy atom. The molecule has 2 aliphatic rings. The SMILES string of the molecule is CC(C(N)=O)N1CCN2C(=O)NCC2C1. The summed E-state index contributed by atoms with van der Waals surface area (Å²) in [6, 6.07) is -0.0534. The molecule has 2 rings (SSSR count). The Kier molecular flexibility index (Phi) is 2.52. The molecule has 0 aromatic heterocycles. The number of hydrogen-bond donors (Lipinski definition) is 2. The van der Waals surface area contributed by atoms with Crippen LogP contribution in [0.5, 0.6) is 0 Å². The first kappa shape index (κ1) is 10.2. The van der Waals surface area contributed by atoms with Crippen molar-refractivity contribution in [1.29, 1.82) is 0 Å². The van der Waals surface area contributed by atoms with E-state index in [1.165, 1.54) is 0 Å². The quantitative estimate of drug-likeness (QED) is 0.589. The van der Waals surface area contributed by atoms with Crippen molar-refractivity contribution < 1.29 is 9.59 Å². The minimum absolute atomic E-state index is 0.00591. The summed E-state index contributed by atoms with van der Waals surface area (Å²) in [4.78, 5) is 26.2. The molecule has 0 aromatic carbocycles. The minimum atomic E-state index is -0.305. The standard InChI is InChI=1S/C9H16N4O2/c1-6(8(10)14)12-2-3-13-7(5-12)4-11-9(13)15/h6-7H,2-5H2,1H3,(H2,10,14)(H,11,15). The Morgan fingerprint density at radius 2 is 2.33 bits per heavy atom. The summed E-state index contributed by atoms with van der Waals surface area (Å²) in [5, 5.41) is 2.79. The van der Waals surface area contributed by atoms with Crippen LogP contribution in [0.1, 0.15) is 6.92 Å². The van der Waals surface area contributed by atoms with E-state index in [1.54, 1.807) is 0 Å². The van der Waals surface area contributed by atoms with Gasteiger partial charge in [0, 0.05) is 26.2 Å². The van der Waals surface area contributed by atoms with E-state index < -0.39 is 0 Å². The van der Waals surface area contributed by atoms with E-state index in [9.17, 15) is 9.59 Å². The fraction of sp³-hybridized carbons (Fsp3) is 0.778.